The number of aromatic nitrogens is 3. The van der Waals surface area contributed by atoms with Crippen LogP contribution < -0.4 is 5.73 Å². The highest BCUT2D eigenvalue weighted by Gasteiger charge is 2.18. The third kappa shape index (κ3) is 2.13. The van der Waals surface area contributed by atoms with Gasteiger partial charge in [0.25, 0.3) is 0 Å². The van der Waals surface area contributed by atoms with Gasteiger partial charge in [-0.05, 0) is 36.5 Å². The van der Waals surface area contributed by atoms with Crippen molar-refractivity contribution in [3.63, 3.8) is 0 Å². The first-order chi connectivity index (χ1) is 8.33. The summed E-state index contributed by atoms with van der Waals surface area (Å²) in [7, 11) is 0. The van der Waals surface area contributed by atoms with Gasteiger partial charge < -0.3 is 10.3 Å². The Morgan fingerprint density at radius 2 is 2.29 bits per heavy atom. The van der Waals surface area contributed by atoms with Crippen LogP contribution in [0.25, 0.3) is 0 Å². The van der Waals surface area contributed by atoms with Crippen LogP contribution in [-0.4, -0.2) is 14.3 Å². The average molecular weight is 230 g/mol. The van der Waals surface area contributed by atoms with Gasteiger partial charge in [0, 0.05) is 37.4 Å². The van der Waals surface area contributed by atoms with Crippen molar-refractivity contribution < 1.29 is 0 Å². The molecule has 90 valence electrons. The first-order valence-electron chi connectivity index (χ1n) is 6.24. The lowest BCUT2D eigenvalue weighted by molar-refractivity contribution is 0.533. The largest absolute Gasteiger partial charge is 0.352 e. The molecule has 0 saturated heterocycles. The molecule has 0 aliphatic heterocycles. The van der Waals surface area contributed by atoms with Crippen LogP contribution in [0.1, 0.15) is 30.0 Å². The lowest BCUT2D eigenvalue weighted by Gasteiger charge is -2.17. The third-order valence-corrected chi connectivity index (χ3v) is 3.50. The van der Waals surface area contributed by atoms with Crippen LogP contribution in [-0.2, 0) is 19.5 Å². The van der Waals surface area contributed by atoms with Crippen molar-refractivity contribution in [3.8, 4) is 0 Å². The molecule has 0 aromatic carbocycles. The van der Waals surface area contributed by atoms with Crippen LogP contribution in [0.4, 0.5) is 0 Å². The van der Waals surface area contributed by atoms with Crippen LogP contribution >= 0.6 is 0 Å². The van der Waals surface area contributed by atoms with Crippen molar-refractivity contribution in [2.45, 2.75) is 38.4 Å². The molecule has 2 aromatic rings. The quantitative estimate of drug-likeness (QED) is 0.872. The van der Waals surface area contributed by atoms with E-state index >= 15 is 0 Å². The highest BCUT2D eigenvalue weighted by molar-refractivity contribution is 5.29. The Kier molecular flexibility index (Phi) is 2.73. The summed E-state index contributed by atoms with van der Waals surface area (Å²) in [5.41, 5.74) is 8.90. The van der Waals surface area contributed by atoms with E-state index < -0.39 is 0 Å². The number of hydrogen-bond donors (Lipinski definition) is 1. The Morgan fingerprint density at radius 1 is 1.35 bits per heavy atom. The smallest absolute Gasteiger partial charge is 0.0588 e. The number of nitrogens with zero attached hydrogens (tertiary/aromatic N) is 3. The van der Waals surface area contributed by atoms with Crippen LogP contribution in [0.15, 0.2) is 30.9 Å². The molecule has 1 aliphatic carbocycles. The van der Waals surface area contributed by atoms with Crippen LogP contribution in [0, 0.1) is 0 Å². The predicted octanol–water partition coefficient (Wildman–Crippen LogP) is 1.72. The average Bonchev–Trinajstić information content (AvgIpc) is 2.95. The zero-order valence-corrected chi connectivity index (χ0v) is 9.92. The van der Waals surface area contributed by atoms with Crippen molar-refractivity contribution >= 4 is 0 Å². The molecule has 0 bridgehead atoms. The molecule has 1 unspecified atom stereocenters. The zero-order chi connectivity index (χ0) is 11.7. The van der Waals surface area contributed by atoms with Gasteiger partial charge in [0.2, 0.25) is 0 Å². The molecule has 0 saturated carbocycles. The summed E-state index contributed by atoms with van der Waals surface area (Å²) >= 11 is 0. The maximum absolute atomic E-state index is 6.12. The SMILES string of the molecule is NC1CCCc2cn(CCn3cccn3)cc21. The van der Waals surface area contributed by atoms with E-state index in [9.17, 15) is 0 Å². The third-order valence-electron chi connectivity index (χ3n) is 3.50. The molecule has 3 rings (SSSR count). The monoisotopic (exact) mass is 230 g/mol. The van der Waals surface area contributed by atoms with Gasteiger partial charge in [-0.1, -0.05) is 0 Å². The van der Waals surface area contributed by atoms with Gasteiger partial charge in [0.05, 0.1) is 6.54 Å². The molecular formula is C13H18N4. The van der Waals surface area contributed by atoms with Crippen molar-refractivity contribution in [3.05, 3.63) is 42.0 Å². The Balaban J connectivity index is 1.72. The van der Waals surface area contributed by atoms with Gasteiger partial charge in [-0.2, -0.15) is 5.10 Å². The number of fused-ring (bicyclic) bond motifs is 1. The first kappa shape index (κ1) is 10.6. The van der Waals surface area contributed by atoms with Crippen LogP contribution in [0.2, 0.25) is 0 Å². The summed E-state index contributed by atoms with van der Waals surface area (Å²) < 4.78 is 4.20. The number of aryl methyl sites for hydroxylation is 3. The predicted molar refractivity (Wildman–Crippen MR) is 66.5 cm³/mol. The van der Waals surface area contributed by atoms with Crippen LogP contribution in [0.3, 0.4) is 0 Å². The molecule has 2 aromatic heterocycles. The molecular weight excluding hydrogens is 212 g/mol. The van der Waals surface area contributed by atoms with Gasteiger partial charge in [-0.15, -0.1) is 0 Å². The molecule has 0 fully saturated rings. The number of rotatable bonds is 3. The topological polar surface area (TPSA) is 48.8 Å². The van der Waals surface area contributed by atoms with E-state index in [1.54, 1.807) is 0 Å². The van der Waals surface area contributed by atoms with E-state index in [0.29, 0.717) is 0 Å². The van der Waals surface area contributed by atoms with Gasteiger partial charge in [-0.25, -0.2) is 0 Å². The van der Waals surface area contributed by atoms with E-state index in [1.807, 2.05) is 23.1 Å². The molecule has 0 amide bonds. The standard InChI is InChI=1S/C13H18N4/c14-13-4-1-3-11-9-16(10-12(11)13)7-8-17-6-2-5-15-17/h2,5-6,9-10,13H,1,3-4,7-8,14H2. The van der Waals surface area contributed by atoms with E-state index in [-0.39, 0.29) is 6.04 Å². The van der Waals surface area contributed by atoms with E-state index in [2.05, 4.69) is 22.1 Å². The molecule has 4 heteroatoms. The fourth-order valence-corrected chi connectivity index (χ4v) is 2.56. The molecule has 17 heavy (non-hydrogen) atoms. The molecule has 2 N–H and O–H groups in total. The Labute approximate surface area is 101 Å². The minimum absolute atomic E-state index is 0.240. The molecule has 2 heterocycles. The normalized spacial score (nSPS) is 19.2. The summed E-state index contributed by atoms with van der Waals surface area (Å²) in [6, 6.07) is 2.20. The van der Waals surface area contributed by atoms with Crippen molar-refractivity contribution in [1.29, 1.82) is 0 Å². The highest BCUT2D eigenvalue weighted by Crippen LogP contribution is 2.28. The second-order valence-electron chi connectivity index (χ2n) is 4.74. The van der Waals surface area contributed by atoms with Gasteiger partial charge in [-0.3, -0.25) is 4.68 Å². The summed E-state index contributed by atoms with van der Waals surface area (Å²) in [5, 5.41) is 4.21. The fourth-order valence-electron chi connectivity index (χ4n) is 2.56. The van der Waals surface area contributed by atoms with E-state index in [1.165, 1.54) is 24.0 Å². The van der Waals surface area contributed by atoms with Crippen LogP contribution in [0.5, 0.6) is 0 Å². The van der Waals surface area contributed by atoms with Gasteiger partial charge >= 0.3 is 0 Å². The Bertz CT molecular complexity index is 483. The maximum Gasteiger partial charge on any atom is 0.0588 e. The number of hydrogen-bond acceptors (Lipinski definition) is 2. The van der Waals surface area contributed by atoms with Crippen molar-refractivity contribution in [2.24, 2.45) is 5.73 Å². The fraction of sp³-hybridized carbons (Fsp3) is 0.462. The highest BCUT2D eigenvalue weighted by atomic mass is 15.3. The summed E-state index contributed by atoms with van der Waals surface area (Å²) in [5.74, 6) is 0. The van der Waals surface area contributed by atoms with Crippen molar-refractivity contribution in [1.82, 2.24) is 14.3 Å². The molecule has 1 atom stereocenters. The van der Waals surface area contributed by atoms with Gasteiger partial charge in [0.15, 0.2) is 0 Å². The second-order valence-corrected chi connectivity index (χ2v) is 4.74. The summed E-state index contributed by atoms with van der Waals surface area (Å²) in [4.78, 5) is 0. The minimum atomic E-state index is 0.240. The Morgan fingerprint density at radius 3 is 3.06 bits per heavy atom. The van der Waals surface area contributed by atoms with Gasteiger partial charge in [0.1, 0.15) is 0 Å². The van der Waals surface area contributed by atoms with E-state index in [0.717, 1.165) is 19.5 Å². The lowest BCUT2D eigenvalue weighted by atomic mass is 9.92. The first-order valence-corrected chi connectivity index (χ1v) is 6.24. The minimum Gasteiger partial charge on any atom is -0.352 e. The molecule has 4 nitrogen and oxygen atoms in total. The number of nitrogens with two attached hydrogens (primary N) is 1. The molecule has 1 aliphatic rings. The Hall–Kier alpha value is -1.55. The summed E-state index contributed by atoms with van der Waals surface area (Å²) in [6.45, 7) is 1.87. The lowest BCUT2D eigenvalue weighted by Crippen LogP contribution is -2.15. The second kappa shape index (κ2) is 4.37. The molecule has 0 radical (unpaired) electrons. The zero-order valence-electron chi connectivity index (χ0n) is 9.92. The maximum atomic E-state index is 6.12. The molecule has 0 spiro atoms. The van der Waals surface area contributed by atoms with E-state index in [4.69, 9.17) is 5.73 Å². The summed E-state index contributed by atoms with van der Waals surface area (Å²) in [6.07, 6.45) is 11.8. The van der Waals surface area contributed by atoms with Crippen molar-refractivity contribution in [2.75, 3.05) is 0 Å².